The molecule has 1 saturated heterocycles. The van der Waals surface area contributed by atoms with E-state index in [1.54, 1.807) is 6.20 Å². The van der Waals surface area contributed by atoms with Gasteiger partial charge in [-0.05, 0) is 31.4 Å². The van der Waals surface area contributed by atoms with Gasteiger partial charge in [-0.2, -0.15) is 5.10 Å². The van der Waals surface area contributed by atoms with Gasteiger partial charge in [-0.25, -0.2) is 9.78 Å². The summed E-state index contributed by atoms with van der Waals surface area (Å²) < 4.78 is 7.45. The Labute approximate surface area is 157 Å². The minimum absolute atomic E-state index is 0.0915. The molecule has 7 heteroatoms. The van der Waals surface area contributed by atoms with Gasteiger partial charge < -0.3 is 10.1 Å². The molecule has 0 saturated carbocycles. The van der Waals surface area contributed by atoms with Gasteiger partial charge in [0, 0.05) is 18.6 Å². The zero-order valence-electron chi connectivity index (χ0n) is 15.3. The molecule has 1 aliphatic rings. The molecule has 0 bridgehead atoms. The maximum Gasteiger partial charge on any atom is 0.320 e. The molecule has 1 fully saturated rings. The van der Waals surface area contributed by atoms with Crippen LogP contribution in [-0.4, -0.2) is 34.0 Å². The first-order chi connectivity index (χ1) is 13.2. The van der Waals surface area contributed by atoms with Gasteiger partial charge in [0.2, 0.25) is 0 Å². The highest BCUT2D eigenvalue weighted by molar-refractivity contribution is 5.91. The lowest BCUT2D eigenvalue weighted by molar-refractivity contribution is 0.0674. The van der Waals surface area contributed by atoms with E-state index in [-0.39, 0.29) is 12.1 Å². The fraction of sp³-hybridized carbons (Fsp3) is 0.350. The number of nitrogens with zero attached hydrogens (tertiary/aromatic N) is 3. The SMILES string of the molecule is CC(NC(=O)Nc1cc2cnn(C3CCOCC3)c2cn1)c1ccccc1. The zero-order chi connectivity index (χ0) is 18.6. The first kappa shape index (κ1) is 17.5. The van der Waals surface area contributed by atoms with Crippen molar-refractivity contribution in [3.8, 4) is 0 Å². The van der Waals surface area contributed by atoms with Crippen molar-refractivity contribution in [2.75, 3.05) is 18.5 Å². The number of fused-ring (bicyclic) bond motifs is 1. The van der Waals surface area contributed by atoms with Crippen molar-refractivity contribution < 1.29 is 9.53 Å². The number of carbonyl (C=O) groups is 1. The normalized spacial score (nSPS) is 16.2. The van der Waals surface area contributed by atoms with E-state index in [4.69, 9.17) is 4.74 Å². The summed E-state index contributed by atoms with van der Waals surface area (Å²) in [6.07, 6.45) is 5.50. The Balaban J connectivity index is 1.44. The van der Waals surface area contributed by atoms with E-state index >= 15 is 0 Å². The number of carbonyl (C=O) groups excluding carboxylic acids is 1. The van der Waals surface area contributed by atoms with Crippen molar-refractivity contribution in [3.63, 3.8) is 0 Å². The number of hydrogen-bond donors (Lipinski definition) is 2. The Hall–Kier alpha value is -2.93. The molecule has 1 atom stereocenters. The quantitative estimate of drug-likeness (QED) is 0.739. The molecule has 2 N–H and O–H groups in total. The summed E-state index contributed by atoms with van der Waals surface area (Å²) >= 11 is 0. The smallest absolute Gasteiger partial charge is 0.320 e. The van der Waals surface area contributed by atoms with Crippen LogP contribution in [0.25, 0.3) is 10.9 Å². The molecule has 1 aromatic carbocycles. The van der Waals surface area contributed by atoms with Gasteiger partial charge in [0.1, 0.15) is 5.82 Å². The molecule has 3 aromatic rings. The van der Waals surface area contributed by atoms with E-state index < -0.39 is 0 Å². The second-order valence-corrected chi connectivity index (χ2v) is 6.79. The fourth-order valence-corrected chi connectivity index (χ4v) is 3.41. The van der Waals surface area contributed by atoms with Gasteiger partial charge in [0.15, 0.2) is 0 Å². The van der Waals surface area contributed by atoms with E-state index in [0.717, 1.165) is 42.5 Å². The molecule has 0 aliphatic carbocycles. The van der Waals surface area contributed by atoms with Gasteiger partial charge in [0.05, 0.1) is 30.0 Å². The molecular formula is C20H23N5O2. The predicted octanol–water partition coefficient (Wildman–Crippen LogP) is 3.67. The first-order valence-electron chi connectivity index (χ1n) is 9.24. The Bertz CT molecular complexity index is 919. The lowest BCUT2D eigenvalue weighted by atomic mass is 10.1. The predicted molar refractivity (Wildman–Crippen MR) is 104 cm³/mol. The van der Waals surface area contributed by atoms with Crippen molar-refractivity contribution >= 4 is 22.8 Å². The number of pyridine rings is 1. The number of benzene rings is 1. The Morgan fingerprint density at radius 1 is 1.22 bits per heavy atom. The van der Waals surface area contributed by atoms with Crippen LogP contribution in [0.15, 0.2) is 48.8 Å². The van der Waals surface area contributed by atoms with Gasteiger partial charge in [-0.3, -0.25) is 10.00 Å². The first-order valence-corrected chi connectivity index (χ1v) is 9.24. The van der Waals surface area contributed by atoms with Crippen LogP contribution in [0.3, 0.4) is 0 Å². The lowest BCUT2D eigenvalue weighted by Crippen LogP contribution is -2.31. The summed E-state index contributed by atoms with van der Waals surface area (Å²) in [5.41, 5.74) is 2.03. The molecule has 27 heavy (non-hydrogen) atoms. The van der Waals surface area contributed by atoms with Crippen LogP contribution in [-0.2, 0) is 4.74 Å². The van der Waals surface area contributed by atoms with Crippen molar-refractivity contribution in [3.05, 3.63) is 54.4 Å². The molecule has 4 rings (SSSR count). The maximum absolute atomic E-state index is 12.3. The van der Waals surface area contributed by atoms with Gasteiger partial charge in [-0.1, -0.05) is 30.3 Å². The molecule has 0 radical (unpaired) electrons. The number of aromatic nitrogens is 3. The third-order valence-corrected chi connectivity index (χ3v) is 4.91. The van der Waals surface area contributed by atoms with Gasteiger partial charge in [-0.15, -0.1) is 0 Å². The van der Waals surface area contributed by atoms with Crippen LogP contribution >= 0.6 is 0 Å². The molecule has 1 unspecified atom stereocenters. The number of anilines is 1. The summed E-state index contributed by atoms with van der Waals surface area (Å²) in [5.74, 6) is 0.506. The molecule has 2 amide bonds. The van der Waals surface area contributed by atoms with E-state index in [9.17, 15) is 4.79 Å². The van der Waals surface area contributed by atoms with Crippen molar-refractivity contribution in [1.29, 1.82) is 0 Å². The minimum Gasteiger partial charge on any atom is -0.381 e. The standard InChI is InChI=1S/C20H23N5O2/c1-14(15-5-3-2-4-6-15)23-20(26)24-19-11-16-12-22-25(18(16)13-21-19)17-7-9-27-10-8-17/h2-6,11-14,17H,7-10H2,1H3,(H2,21,23,24,26). The lowest BCUT2D eigenvalue weighted by Gasteiger charge is -2.23. The second kappa shape index (κ2) is 7.75. The van der Waals surface area contributed by atoms with Crippen molar-refractivity contribution in [2.45, 2.75) is 31.8 Å². The molecule has 2 aromatic heterocycles. The Kier molecular flexibility index (Phi) is 5.02. The fourth-order valence-electron chi connectivity index (χ4n) is 3.41. The number of nitrogens with one attached hydrogen (secondary N) is 2. The van der Waals surface area contributed by atoms with E-state index in [1.165, 1.54) is 0 Å². The summed E-state index contributed by atoms with van der Waals surface area (Å²) in [4.78, 5) is 16.7. The number of rotatable bonds is 4. The molecule has 1 aliphatic heterocycles. The third-order valence-electron chi connectivity index (χ3n) is 4.91. The molecule has 140 valence electrons. The third kappa shape index (κ3) is 3.93. The Morgan fingerprint density at radius 3 is 2.78 bits per heavy atom. The van der Waals surface area contributed by atoms with E-state index in [1.807, 2.05) is 54.2 Å². The summed E-state index contributed by atoms with van der Waals surface area (Å²) in [6.45, 7) is 3.47. The maximum atomic E-state index is 12.3. The highest BCUT2D eigenvalue weighted by Crippen LogP contribution is 2.25. The van der Waals surface area contributed by atoms with Gasteiger partial charge in [0.25, 0.3) is 0 Å². The number of amides is 2. The average Bonchev–Trinajstić information content (AvgIpc) is 3.12. The van der Waals surface area contributed by atoms with Gasteiger partial charge >= 0.3 is 6.03 Å². The number of hydrogen-bond acceptors (Lipinski definition) is 4. The summed E-state index contributed by atoms with van der Waals surface area (Å²) in [7, 11) is 0. The van der Waals surface area contributed by atoms with Crippen molar-refractivity contribution in [2.24, 2.45) is 0 Å². The number of ether oxygens (including phenoxy) is 1. The number of urea groups is 1. The summed E-state index contributed by atoms with van der Waals surface area (Å²) in [6, 6.07) is 11.7. The molecular weight excluding hydrogens is 342 g/mol. The topological polar surface area (TPSA) is 81.1 Å². The van der Waals surface area contributed by atoms with Crippen LogP contribution in [0.1, 0.15) is 37.4 Å². The van der Waals surface area contributed by atoms with E-state index in [0.29, 0.717) is 11.9 Å². The Morgan fingerprint density at radius 2 is 2.00 bits per heavy atom. The van der Waals surface area contributed by atoms with Crippen LogP contribution in [0.4, 0.5) is 10.6 Å². The van der Waals surface area contributed by atoms with Crippen LogP contribution < -0.4 is 10.6 Å². The minimum atomic E-state index is -0.282. The van der Waals surface area contributed by atoms with Crippen LogP contribution in [0.2, 0.25) is 0 Å². The average molecular weight is 365 g/mol. The zero-order valence-corrected chi connectivity index (χ0v) is 15.3. The van der Waals surface area contributed by atoms with E-state index in [2.05, 4.69) is 20.7 Å². The summed E-state index contributed by atoms with van der Waals surface area (Å²) in [5, 5.41) is 11.2. The molecule has 0 spiro atoms. The highest BCUT2D eigenvalue weighted by Gasteiger charge is 2.19. The second-order valence-electron chi connectivity index (χ2n) is 6.79. The van der Waals surface area contributed by atoms with Crippen LogP contribution in [0.5, 0.6) is 0 Å². The molecule has 3 heterocycles. The monoisotopic (exact) mass is 365 g/mol. The molecule has 7 nitrogen and oxygen atoms in total. The van der Waals surface area contributed by atoms with Crippen molar-refractivity contribution in [1.82, 2.24) is 20.1 Å². The largest absolute Gasteiger partial charge is 0.381 e. The van der Waals surface area contributed by atoms with Crippen LogP contribution in [0, 0.1) is 0 Å². The highest BCUT2D eigenvalue weighted by atomic mass is 16.5.